The van der Waals surface area contributed by atoms with E-state index >= 15 is 0 Å². The van der Waals surface area contributed by atoms with E-state index in [1.807, 2.05) is 74.5 Å². The summed E-state index contributed by atoms with van der Waals surface area (Å²) in [5.41, 5.74) is 1.62. The van der Waals surface area contributed by atoms with Gasteiger partial charge in [0.2, 0.25) is 0 Å². The average Bonchev–Trinajstić information content (AvgIpc) is 3.12. The molecule has 1 heterocycles. The molecule has 0 unspecified atom stereocenters. The van der Waals surface area contributed by atoms with Crippen molar-refractivity contribution >= 4 is 26.6 Å². The van der Waals surface area contributed by atoms with Crippen LogP contribution in [-0.2, 0) is 10.0 Å². The van der Waals surface area contributed by atoms with Gasteiger partial charge >= 0.3 is 0 Å². The number of benzene rings is 3. The molecule has 4 rings (SSSR count). The zero-order valence-corrected chi connectivity index (χ0v) is 16.5. The molecule has 0 aliphatic heterocycles. The van der Waals surface area contributed by atoms with Crippen LogP contribution in [0.1, 0.15) is 25.5 Å². The highest BCUT2D eigenvalue weighted by Gasteiger charge is 2.20. The van der Waals surface area contributed by atoms with Crippen LogP contribution in [0.5, 0.6) is 0 Å². The summed E-state index contributed by atoms with van der Waals surface area (Å²) in [6.07, 6.45) is 0. The lowest BCUT2D eigenvalue weighted by atomic mass is 10.1. The molecule has 0 saturated heterocycles. The Hall–Kier alpha value is -3.12. The van der Waals surface area contributed by atoms with E-state index in [2.05, 4.69) is 9.82 Å². The lowest BCUT2D eigenvalue weighted by Gasteiger charge is -2.11. The molecule has 0 saturated carbocycles. The van der Waals surface area contributed by atoms with Gasteiger partial charge in [-0.2, -0.15) is 5.10 Å². The van der Waals surface area contributed by atoms with Crippen LogP contribution in [0.15, 0.2) is 83.8 Å². The molecule has 28 heavy (non-hydrogen) atoms. The Bertz CT molecular complexity index is 1230. The van der Waals surface area contributed by atoms with Crippen LogP contribution in [0, 0.1) is 0 Å². The molecule has 3 aromatic carbocycles. The standard InChI is InChI=1S/C22H21N3O2S/c1-16(2)21-15-22(25(23-21)19-10-4-3-5-11-19)24-28(26,27)20-13-12-17-8-6-7-9-18(17)14-20/h3-16,24H,1-2H3. The van der Waals surface area contributed by atoms with E-state index in [0.29, 0.717) is 5.82 Å². The highest BCUT2D eigenvalue weighted by molar-refractivity contribution is 7.92. The van der Waals surface area contributed by atoms with Gasteiger partial charge < -0.3 is 0 Å². The molecule has 1 N–H and O–H groups in total. The highest BCUT2D eigenvalue weighted by Crippen LogP contribution is 2.26. The summed E-state index contributed by atoms with van der Waals surface area (Å²) in [7, 11) is -3.76. The van der Waals surface area contributed by atoms with Gasteiger partial charge in [0, 0.05) is 6.07 Å². The van der Waals surface area contributed by atoms with Gasteiger partial charge in [-0.15, -0.1) is 0 Å². The largest absolute Gasteiger partial charge is 0.263 e. The van der Waals surface area contributed by atoms with Gasteiger partial charge in [0.05, 0.1) is 16.3 Å². The Balaban J connectivity index is 1.76. The molecule has 6 heteroatoms. The van der Waals surface area contributed by atoms with Crippen molar-refractivity contribution in [3.05, 3.63) is 84.6 Å². The number of fused-ring (bicyclic) bond motifs is 1. The van der Waals surface area contributed by atoms with Crippen molar-refractivity contribution < 1.29 is 8.42 Å². The maximum absolute atomic E-state index is 13.1. The van der Waals surface area contributed by atoms with Gasteiger partial charge in [-0.3, -0.25) is 4.72 Å². The van der Waals surface area contributed by atoms with Gasteiger partial charge in [0.1, 0.15) is 5.82 Å². The molecule has 0 fully saturated rings. The van der Waals surface area contributed by atoms with E-state index in [9.17, 15) is 8.42 Å². The summed E-state index contributed by atoms with van der Waals surface area (Å²) in [5.74, 6) is 0.594. The van der Waals surface area contributed by atoms with Crippen molar-refractivity contribution in [2.75, 3.05) is 4.72 Å². The monoisotopic (exact) mass is 391 g/mol. The Labute approximate surface area is 164 Å². The summed E-state index contributed by atoms with van der Waals surface area (Å²) in [4.78, 5) is 0.220. The Morgan fingerprint density at radius 1 is 0.857 bits per heavy atom. The summed E-state index contributed by atoms with van der Waals surface area (Å²) in [5, 5.41) is 6.47. The molecule has 0 aliphatic rings. The van der Waals surface area contributed by atoms with E-state index in [4.69, 9.17) is 0 Å². The molecule has 0 radical (unpaired) electrons. The van der Waals surface area contributed by atoms with Crippen LogP contribution in [-0.4, -0.2) is 18.2 Å². The van der Waals surface area contributed by atoms with Crippen molar-refractivity contribution in [3.63, 3.8) is 0 Å². The number of hydrogen-bond donors (Lipinski definition) is 1. The number of nitrogens with zero attached hydrogens (tertiary/aromatic N) is 2. The van der Waals surface area contributed by atoms with E-state index < -0.39 is 10.0 Å². The molecule has 5 nitrogen and oxygen atoms in total. The van der Waals surface area contributed by atoms with E-state index in [1.165, 1.54) is 0 Å². The fourth-order valence-corrected chi connectivity index (χ4v) is 4.12. The third kappa shape index (κ3) is 3.51. The van der Waals surface area contributed by atoms with Crippen LogP contribution in [0.2, 0.25) is 0 Å². The fourth-order valence-electron chi connectivity index (χ4n) is 3.05. The second-order valence-corrected chi connectivity index (χ2v) is 8.65. The van der Waals surface area contributed by atoms with E-state index in [-0.39, 0.29) is 10.8 Å². The van der Waals surface area contributed by atoms with Crippen LogP contribution >= 0.6 is 0 Å². The second kappa shape index (κ2) is 7.13. The van der Waals surface area contributed by atoms with Crippen LogP contribution in [0.3, 0.4) is 0 Å². The van der Waals surface area contributed by atoms with E-state index in [1.54, 1.807) is 22.9 Å². The first-order valence-corrected chi connectivity index (χ1v) is 10.6. The molecular formula is C22H21N3O2S. The van der Waals surface area contributed by atoms with Gasteiger partial charge in [-0.05, 0) is 41.0 Å². The Morgan fingerprint density at radius 3 is 2.25 bits per heavy atom. The molecule has 1 aromatic heterocycles. The first-order chi connectivity index (χ1) is 13.4. The zero-order chi connectivity index (χ0) is 19.7. The summed E-state index contributed by atoms with van der Waals surface area (Å²) in [6.45, 7) is 4.05. The number of hydrogen-bond acceptors (Lipinski definition) is 3. The first kappa shape index (κ1) is 18.3. The maximum Gasteiger partial charge on any atom is 0.263 e. The van der Waals surface area contributed by atoms with Crippen molar-refractivity contribution in [1.29, 1.82) is 0 Å². The number of anilines is 1. The van der Waals surface area contributed by atoms with Crippen molar-refractivity contribution in [2.45, 2.75) is 24.7 Å². The third-order valence-electron chi connectivity index (χ3n) is 4.59. The van der Waals surface area contributed by atoms with Gasteiger partial charge in [0.15, 0.2) is 0 Å². The number of para-hydroxylation sites is 1. The minimum atomic E-state index is -3.76. The quantitative estimate of drug-likeness (QED) is 0.523. The Kier molecular flexibility index (Phi) is 4.65. The number of nitrogens with one attached hydrogen (secondary N) is 1. The third-order valence-corrected chi connectivity index (χ3v) is 5.94. The van der Waals surface area contributed by atoms with Crippen molar-refractivity contribution in [1.82, 2.24) is 9.78 Å². The second-order valence-electron chi connectivity index (χ2n) is 6.97. The normalized spacial score (nSPS) is 11.8. The first-order valence-electron chi connectivity index (χ1n) is 9.11. The molecule has 0 atom stereocenters. The van der Waals surface area contributed by atoms with Gasteiger partial charge in [0.25, 0.3) is 10.0 Å². The molecule has 0 spiro atoms. The predicted molar refractivity (Wildman–Crippen MR) is 112 cm³/mol. The minimum Gasteiger partial charge on any atom is -0.263 e. The maximum atomic E-state index is 13.1. The molecule has 0 bridgehead atoms. The lowest BCUT2D eigenvalue weighted by molar-refractivity contribution is 0.601. The fraction of sp³-hybridized carbons (Fsp3) is 0.136. The van der Waals surface area contributed by atoms with Crippen LogP contribution < -0.4 is 4.72 Å². The molecular weight excluding hydrogens is 370 g/mol. The van der Waals surface area contributed by atoms with Gasteiger partial charge in [-0.25, -0.2) is 13.1 Å². The van der Waals surface area contributed by atoms with Crippen molar-refractivity contribution in [2.24, 2.45) is 0 Å². The topological polar surface area (TPSA) is 64.0 Å². The SMILES string of the molecule is CC(C)c1cc(NS(=O)(=O)c2ccc3ccccc3c2)n(-c2ccccc2)n1. The summed E-state index contributed by atoms with van der Waals surface area (Å²) in [6, 6.07) is 24.1. The molecule has 0 aliphatic carbocycles. The molecule has 4 aromatic rings. The highest BCUT2D eigenvalue weighted by atomic mass is 32.2. The predicted octanol–water partition coefficient (Wildman–Crippen LogP) is 4.95. The smallest absolute Gasteiger partial charge is 0.263 e. The zero-order valence-electron chi connectivity index (χ0n) is 15.7. The molecule has 142 valence electrons. The van der Waals surface area contributed by atoms with Crippen LogP contribution in [0.25, 0.3) is 16.5 Å². The lowest BCUT2D eigenvalue weighted by Crippen LogP contribution is -2.15. The molecule has 0 amide bonds. The van der Waals surface area contributed by atoms with Gasteiger partial charge in [-0.1, -0.05) is 62.4 Å². The number of aromatic nitrogens is 2. The summed E-state index contributed by atoms with van der Waals surface area (Å²) >= 11 is 0. The number of rotatable bonds is 5. The minimum absolute atomic E-state index is 0.175. The Morgan fingerprint density at radius 2 is 1.54 bits per heavy atom. The average molecular weight is 391 g/mol. The van der Waals surface area contributed by atoms with Crippen LogP contribution in [0.4, 0.5) is 5.82 Å². The van der Waals surface area contributed by atoms with E-state index in [0.717, 1.165) is 22.2 Å². The number of sulfonamides is 1. The summed E-state index contributed by atoms with van der Waals surface area (Å²) < 4.78 is 30.5. The van der Waals surface area contributed by atoms with Crippen molar-refractivity contribution in [3.8, 4) is 5.69 Å².